The molecule has 2 atom stereocenters. The highest BCUT2D eigenvalue weighted by atomic mass is 35.5. The Balaban J connectivity index is 0.000000151. The molecule has 7 fully saturated rings. The van der Waals surface area contributed by atoms with Crippen molar-refractivity contribution in [2.75, 3.05) is 160 Å². The number of methoxy groups -OCH3 is 3. The highest BCUT2D eigenvalue weighted by molar-refractivity contribution is 6.63. The number of rotatable bonds is 15. The van der Waals surface area contributed by atoms with Crippen LogP contribution in [0.1, 0.15) is 105 Å². The number of likely N-dealkylation sites (tertiary alicyclic amines) is 2. The van der Waals surface area contributed by atoms with E-state index in [1.165, 1.54) is 7.11 Å². The Bertz CT molecular complexity index is 3630. The average molecular weight is 1470 g/mol. The van der Waals surface area contributed by atoms with E-state index >= 15 is 0 Å². The van der Waals surface area contributed by atoms with Crippen LogP contribution >= 0.6 is 11.6 Å². The van der Waals surface area contributed by atoms with Crippen molar-refractivity contribution in [1.82, 2.24) is 65.6 Å². The zero-order chi connectivity index (χ0) is 74.1. The lowest BCUT2D eigenvalue weighted by Gasteiger charge is -2.33. The fourth-order valence-corrected chi connectivity index (χ4v) is 12.1. The molecule has 0 aliphatic carbocycles. The quantitative estimate of drug-likeness (QED) is 0.0736. The molecule has 9 N–H and O–H groups in total. The van der Waals surface area contributed by atoms with Gasteiger partial charge in [-0.25, -0.2) is 34.7 Å². The minimum absolute atomic E-state index is 0.0127. The van der Waals surface area contributed by atoms with Gasteiger partial charge in [0.1, 0.15) is 29.1 Å². The first-order valence-electron chi connectivity index (χ1n) is 35.3. The lowest BCUT2D eigenvalue weighted by molar-refractivity contribution is -0.130. The zero-order valence-electron chi connectivity index (χ0n) is 61.4. The summed E-state index contributed by atoms with van der Waals surface area (Å²) in [6.45, 7) is 27.8. The summed E-state index contributed by atoms with van der Waals surface area (Å²) in [6, 6.07) is 5.28. The van der Waals surface area contributed by atoms with E-state index in [4.69, 9.17) is 95.4 Å². The third-order valence-electron chi connectivity index (χ3n) is 18.4. The number of nitrogens with one attached hydrogen (secondary N) is 3. The maximum atomic E-state index is 12.2. The highest BCUT2D eigenvalue weighted by Gasteiger charge is 2.53. The molecule has 0 saturated carbocycles. The van der Waals surface area contributed by atoms with E-state index in [2.05, 4.69) is 65.6 Å². The van der Waals surface area contributed by atoms with Gasteiger partial charge in [0, 0.05) is 160 Å². The van der Waals surface area contributed by atoms with Crippen LogP contribution in [0.15, 0.2) is 46.8 Å². The molecular weight excluding hydrogens is 1370 g/mol. The van der Waals surface area contributed by atoms with Crippen molar-refractivity contribution in [1.29, 1.82) is 0 Å². The third kappa shape index (κ3) is 21.6. The number of hydrogen-bond acceptors (Lipinski definition) is 33. The van der Waals surface area contributed by atoms with Gasteiger partial charge >= 0.3 is 13.2 Å². The molecule has 568 valence electrons. The number of anilines is 4. The molecule has 35 nitrogen and oxygen atoms in total. The predicted octanol–water partition coefficient (Wildman–Crippen LogP) is 2.72. The number of carbonyl (C=O) groups excluding carboxylic acids is 2. The van der Waals surface area contributed by atoms with Crippen LogP contribution in [-0.4, -0.2) is 268 Å². The van der Waals surface area contributed by atoms with Crippen molar-refractivity contribution in [2.45, 2.75) is 141 Å². The summed E-state index contributed by atoms with van der Waals surface area (Å²) in [6.07, 6.45) is 8.70. The predicted molar refractivity (Wildman–Crippen MR) is 390 cm³/mol. The Morgan fingerprint density at radius 1 is 0.577 bits per heavy atom. The van der Waals surface area contributed by atoms with E-state index in [9.17, 15) is 9.59 Å². The second kappa shape index (κ2) is 36.0. The number of carbonyl (C=O) groups is 2. The SMILES string of the molecule is CC(C)(C)OC(=O)N1CCC(Oc2cc(Cl)nc(N3CCOCC3)n2)CC1.COC1N=C(N)NC=C1c1cc(OC2CCN(C(C)=O)CC2)nc(N2CCOCC2)n1.COC1N=C(N)NC=C1c1cc(OC2CCNCC2)nc(N2CCOCC2)n1.COc1nc(N)ncc1B1OC(C)(C)C(C)(C)O1. The summed E-state index contributed by atoms with van der Waals surface area (Å²) < 4.78 is 68.2. The van der Waals surface area contributed by atoms with Crippen molar-refractivity contribution < 1.29 is 66.3 Å². The standard InChI is InChI=1S/C20H29N7O4.C18H27ClN4O4.C18H27N7O3.C11H18BN3O3/c1-13(28)26-5-3-14(4-6-26)31-17-11-16(15-12-22-19(21)25-18(15)29-2)23-20(24-17)27-7-9-30-10-8-27;1-18(2,3)27-17(24)23-6-4-13(5-7-23)26-15-12-14(19)20-16(21-15)22-8-10-25-11-9-22;1-26-16-13(11-21-17(19)24-16)14-10-15(28-12-2-4-20-5-3-12)23-18(22-14)25-6-8-27-9-7-25;1-10(2)11(3,4)18-12(17-10)7-6-14-9(13)15-8(7)16-5/h11-12,14,18H,3-10H2,1-2H3,(H3,21,22,25);12-13H,4-11H2,1-3H3;10-12,16,20H,2-9H2,1H3,(H3,19,21,24);6H,1-5H3,(H2,13,14,15). The molecule has 0 spiro atoms. The van der Waals surface area contributed by atoms with Gasteiger partial charge in [0.25, 0.3) is 0 Å². The lowest BCUT2D eigenvalue weighted by Crippen LogP contribution is -2.44. The topological polar surface area (TPSA) is 403 Å². The van der Waals surface area contributed by atoms with E-state index in [1.54, 1.807) is 56.8 Å². The number of morpholine rings is 3. The van der Waals surface area contributed by atoms with E-state index in [-0.39, 0.29) is 42.2 Å². The van der Waals surface area contributed by atoms with Crippen LogP contribution in [-0.2, 0) is 42.5 Å². The van der Waals surface area contributed by atoms with Crippen molar-refractivity contribution in [3.63, 3.8) is 0 Å². The van der Waals surface area contributed by atoms with Gasteiger partial charge in [-0.15, -0.1) is 0 Å². The molecular formula is C67H101BClN21O14. The van der Waals surface area contributed by atoms with Gasteiger partial charge in [-0.1, -0.05) is 11.6 Å². The first-order chi connectivity index (χ1) is 49.8. The van der Waals surface area contributed by atoms with Crippen LogP contribution in [0.2, 0.25) is 5.15 Å². The van der Waals surface area contributed by atoms with Crippen LogP contribution in [0.4, 0.5) is 28.6 Å². The van der Waals surface area contributed by atoms with Crippen molar-refractivity contribution >= 4 is 83.0 Å². The van der Waals surface area contributed by atoms with Crippen LogP contribution in [0.3, 0.4) is 0 Å². The summed E-state index contributed by atoms with van der Waals surface area (Å²) in [5.41, 5.74) is 19.3. The molecule has 9 aliphatic rings. The fourth-order valence-electron chi connectivity index (χ4n) is 12.0. The number of halogens is 1. The fraction of sp³-hybridized carbons (Fsp3) is 0.642. The van der Waals surface area contributed by atoms with Gasteiger partial charge in [-0.05, 0) is 74.4 Å². The zero-order valence-corrected chi connectivity index (χ0v) is 62.2. The largest absolute Gasteiger partial charge is 0.502 e. The van der Waals surface area contributed by atoms with E-state index in [0.717, 1.165) is 76.1 Å². The molecule has 0 radical (unpaired) electrons. The van der Waals surface area contributed by atoms with E-state index < -0.39 is 36.4 Å². The van der Waals surface area contributed by atoms with Crippen LogP contribution in [0.25, 0.3) is 11.1 Å². The minimum Gasteiger partial charge on any atom is -0.481 e. The smallest absolute Gasteiger partial charge is 0.481 e. The summed E-state index contributed by atoms with van der Waals surface area (Å²) in [4.78, 5) is 77.8. The number of aromatic nitrogens is 8. The summed E-state index contributed by atoms with van der Waals surface area (Å²) >= 11 is 6.15. The monoisotopic (exact) mass is 1470 g/mol. The normalized spacial score (nSPS) is 21.7. The molecule has 2 unspecified atom stereocenters. The van der Waals surface area contributed by atoms with Gasteiger partial charge in [-0.2, -0.15) is 19.9 Å². The second-order valence-electron chi connectivity index (χ2n) is 27.6. The van der Waals surface area contributed by atoms with Gasteiger partial charge in [0.15, 0.2) is 24.4 Å². The molecule has 0 aromatic carbocycles. The van der Waals surface area contributed by atoms with Gasteiger partial charge in [-0.3, -0.25) is 4.79 Å². The van der Waals surface area contributed by atoms with Crippen LogP contribution < -0.4 is 72.3 Å². The van der Waals surface area contributed by atoms with Crippen molar-refractivity contribution in [2.24, 2.45) is 21.5 Å². The molecule has 0 bridgehead atoms. The molecule has 13 heterocycles. The molecule has 13 rings (SSSR count). The number of nitrogens with two attached hydrogens (primary N) is 3. The molecule has 2 amide bonds. The third-order valence-corrected chi connectivity index (χ3v) is 18.6. The number of ether oxygens (including phenoxy) is 10. The number of amides is 2. The number of hydrogen-bond donors (Lipinski definition) is 6. The number of nitrogens with zero attached hydrogens (tertiary/aromatic N) is 15. The Morgan fingerprint density at radius 3 is 1.40 bits per heavy atom. The van der Waals surface area contributed by atoms with Gasteiger partial charge < -0.3 is 114 Å². The summed E-state index contributed by atoms with van der Waals surface area (Å²) in [5, 5.41) is 9.56. The Kier molecular flexibility index (Phi) is 27.0. The first kappa shape index (κ1) is 78.1. The van der Waals surface area contributed by atoms with Crippen molar-refractivity contribution in [3.8, 4) is 23.5 Å². The summed E-state index contributed by atoms with van der Waals surface area (Å²) in [5.74, 6) is 4.52. The number of guanidine groups is 2. The maximum absolute atomic E-state index is 12.2. The summed E-state index contributed by atoms with van der Waals surface area (Å²) in [7, 11) is 4.14. The first-order valence-corrected chi connectivity index (χ1v) is 35.6. The van der Waals surface area contributed by atoms with Crippen LogP contribution in [0, 0.1) is 0 Å². The lowest BCUT2D eigenvalue weighted by atomic mass is 9.81. The number of nitrogen functional groups attached to an aromatic ring is 1. The molecule has 4 aromatic rings. The molecule has 104 heavy (non-hydrogen) atoms. The Morgan fingerprint density at radius 2 is 0.990 bits per heavy atom. The molecule has 4 aromatic heterocycles. The molecule has 37 heteroatoms. The average Bonchev–Trinajstić information content (AvgIpc) is 1.63. The van der Waals surface area contributed by atoms with E-state index in [1.807, 2.05) is 64.3 Å². The van der Waals surface area contributed by atoms with Gasteiger partial charge in [0.2, 0.25) is 53.2 Å². The molecule has 9 aliphatic heterocycles. The maximum Gasteiger partial charge on any atom is 0.502 e. The van der Waals surface area contributed by atoms with E-state index in [0.29, 0.717) is 161 Å². The Labute approximate surface area is 612 Å². The van der Waals surface area contributed by atoms with Gasteiger partial charge in [0.05, 0.1) is 74.8 Å². The molecule has 7 saturated heterocycles. The van der Waals surface area contributed by atoms with Crippen molar-refractivity contribution in [3.05, 3.63) is 53.3 Å². The van der Waals surface area contributed by atoms with Crippen LogP contribution in [0.5, 0.6) is 23.5 Å². The highest BCUT2D eigenvalue weighted by Crippen LogP contribution is 2.38. The second-order valence-corrected chi connectivity index (χ2v) is 27.9. The number of piperidine rings is 3. The Hall–Kier alpha value is -8.49. The number of aliphatic imine (C=N–C) groups is 2. The minimum atomic E-state index is -0.569.